The third-order valence-corrected chi connectivity index (χ3v) is 6.47. The van der Waals surface area contributed by atoms with Crippen LogP contribution in [0.1, 0.15) is 18.4 Å². The Bertz CT molecular complexity index is 831. The van der Waals surface area contributed by atoms with E-state index in [4.69, 9.17) is 4.74 Å². The fourth-order valence-electron chi connectivity index (χ4n) is 2.95. The number of hydrogen-bond acceptors (Lipinski definition) is 5. The molecule has 0 atom stereocenters. The van der Waals surface area contributed by atoms with Gasteiger partial charge in [-0.05, 0) is 43.5 Å². The number of hydrogen-bond donors (Lipinski definition) is 0. The van der Waals surface area contributed by atoms with Gasteiger partial charge in [-0.25, -0.2) is 13.4 Å². The second kappa shape index (κ2) is 8.05. The summed E-state index contributed by atoms with van der Waals surface area (Å²) in [6, 6.07) is 11.3. The van der Waals surface area contributed by atoms with Gasteiger partial charge in [0.25, 0.3) is 0 Å². The van der Waals surface area contributed by atoms with Crippen LogP contribution < -0.4 is 9.64 Å². The Morgan fingerprint density at radius 2 is 1.88 bits per heavy atom. The molecule has 1 aromatic heterocycles. The number of likely N-dealkylation sites (N-methyl/N-ethyl adjacent to an activating group) is 1. The second-order valence-electron chi connectivity index (χ2n) is 6.50. The van der Waals surface area contributed by atoms with E-state index in [0.29, 0.717) is 26.2 Å². The van der Waals surface area contributed by atoms with E-state index in [1.807, 2.05) is 43.1 Å². The molecule has 0 spiro atoms. The maximum absolute atomic E-state index is 12.5. The number of aryl methyl sites for hydroxylation is 1. The lowest BCUT2D eigenvalue weighted by Crippen LogP contribution is -2.28. The van der Waals surface area contributed by atoms with Crippen molar-refractivity contribution in [3.63, 3.8) is 0 Å². The average Bonchev–Trinajstić information content (AvgIpc) is 3.19. The first-order chi connectivity index (χ1) is 12.5. The first-order valence-corrected chi connectivity index (χ1v) is 10.3. The molecule has 3 rings (SSSR count). The van der Waals surface area contributed by atoms with Gasteiger partial charge in [-0.2, -0.15) is 4.31 Å². The molecule has 1 aromatic carbocycles. The van der Waals surface area contributed by atoms with Crippen LogP contribution in [0.2, 0.25) is 0 Å². The van der Waals surface area contributed by atoms with Crippen LogP contribution in [-0.4, -0.2) is 51.0 Å². The third kappa shape index (κ3) is 4.16. The van der Waals surface area contributed by atoms with Crippen molar-refractivity contribution in [2.24, 2.45) is 0 Å². The summed E-state index contributed by atoms with van der Waals surface area (Å²) < 4.78 is 32.4. The second-order valence-corrected chi connectivity index (χ2v) is 8.44. The van der Waals surface area contributed by atoms with E-state index in [9.17, 15) is 8.42 Å². The summed E-state index contributed by atoms with van der Waals surface area (Å²) in [7, 11) is -1.50. The van der Waals surface area contributed by atoms with Gasteiger partial charge in [-0.3, -0.25) is 0 Å². The molecule has 7 heteroatoms. The number of para-hydroxylation sites is 1. The summed E-state index contributed by atoms with van der Waals surface area (Å²) in [4.78, 5) is 6.53. The summed E-state index contributed by atoms with van der Waals surface area (Å²) in [5, 5.41) is 0. The lowest BCUT2D eigenvalue weighted by atomic mass is 10.2. The standard InChI is InChI=1S/C19H25N3O3S/c1-16-7-3-4-8-18(16)25-14-13-21(2)19-10-9-17(15-20-19)26(23,24)22-11-5-6-12-22/h3-4,7-10,15H,5-6,11-14H2,1-2H3. The first-order valence-electron chi connectivity index (χ1n) is 8.84. The molecule has 140 valence electrons. The maximum atomic E-state index is 12.5. The number of nitrogens with zero attached hydrogens (tertiary/aromatic N) is 3. The van der Waals surface area contributed by atoms with Crippen molar-refractivity contribution in [3.8, 4) is 5.75 Å². The highest BCUT2D eigenvalue weighted by atomic mass is 32.2. The molecule has 0 bridgehead atoms. The van der Waals surface area contributed by atoms with Crippen LogP contribution in [0.25, 0.3) is 0 Å². The molecule has 0 unspecified atom stereocenters. The van der Waals surface area contributed by atoms with Crippen LogP contribution in [0.5, 0.6) is 5.75 Å². The molecular formula is C19H25N3O3S. The minimum absolute atomic E-state index is 0.257. The van der Waals surface area contributed by atoms with Gasteiger partial charge in [0.05, 0.1) is 6.54 Å². The summed E-state index contributed by atoms with van der Waals surface area (Å²) in [5.74, 6) is 1.60. The van der Waals surface area contributed by atoms with Gasteiger partial charge in [-0.15, -0.1) is 0 Å². The molecule has 0 saturated carbocycles. The number of ether oxygens (including phenoxy) is 1. The molecule has 0 amide bonds. The highest BCUT2D eigenvalue weighted by molar-refractivity contribution is 7.89. The van der Waals surface area contributed by atoms with Crippen molar-refractivity contribution >= 4 is 15.8 Å². The zero-order valence-electron chi connectivity index (χ0n) is 15.3. The molecule has 0 N–H and O–H groups in total. The predicted octanol–water partition coefficient (Wildman–Crippen LogP) is 2.69. The van der Waals surface area contributed by atoms with Gasteiger partial charge in [-0.1, -0.05) is 18.2 Å². The number of pyridine rings is 1. The first kappa shape index (κ1) is 18.7. The molecule has 2 heterocycles. The number of aromatic nitrogens is 1. The van der Waals surface area contributed by atoms with E-state index in [1.54, 1.807) is 12.1 Å². The molecule has 0 radical (unpaired) electrons. The van der Waals surface area contributed by atoms with E-state index in [-0.39, 0.29) is 4.90 Å². The quantitative estimate of drug-likeness (QED) is 0.745. The Kier molecular flexibility index (Phi) is 5.78. The van der Waals surface area contributed by atoms with Crippen molar-refractivity contribution in [3.05, 3.63) is 48.2 Å². The number of benzene rings is 1. The molecule has 6 nitrogen and oxygen atoms in total. The molecule has 26 heavy (non-hydrogen) atoms. The fourth-order valence-corrected chi connectivity index (χ4v) is 4.42. The van der Waals surface area contributed by atoms with E-state index >= 15 is 0 Å². The van der Waals surface area contributed by atoms with Crippen LogP contribution in [0.15, 0.2) is 47.5 Å². The summed E-state index contributed by atoms with van der Waals surface area (Å²) >= 11 is 0. The molecule has 0 aliphatic carbocycles. The smallest absolute Gasteiger partial charge is 0.244 e. The molecule has 2 aromatic rings. The highest BCUT2D eigenvalue weighted by Crippen LogP contribution is 2.21. The van der Waals surface area contributed by atoms with Crippen LogP contribution in [0.3, 0.4) is 0 Å². The normalized spacial score (nSPS) is 15.2. The highest BCUT2D eigenvalue weighted by Gasteiger charge is 2.27. The number of sulfonamides is 1. The zero-order valence-corrected chi connectivity index (χ0v) is 16.1. The number of anilines is 1. The van der Waals surface area contributed by atoms with Crippen molar-refractivity contribution in [2.75, 3.05) is 38.2 Å². The van der Waals surface area contributed by atoms with Crippen molar-refractivity contribution in [1.29, 1.82) is 0 Å². The Labute approximate surface area is 155 Å². The van der Waals surface area contributed by atoms with Crippen molar-refractivity contribution in [2.45, 2.75) is 24.7 Å². The molecular weight excluding hydrogens is 350 g/mol. The van der Waals surface area contributed by atoms with Crippen LogP contribution in [0, 0.1) is 6.92 Å². The fraction of sp³-hybridized carbons (Fsp3) is 0.421. The van der Waals surface area contributed by atoms with Crippen molar-refractivity contribution in [1.82, 2.24) is 9.29 Å². The largest absolute Gasteiger partial charge is 0.491 e. The van der Waals surface area contributed by atoms with Gasteiger partial charge in [0.15, 0.2) is 0 Å². The summed E-state index contributed by atoms with van der Waals surface area (Å²) in [6.45, 7) is 4.39. The summed E-state index contributed by atoms with van der Waals surface area (Å²) in [5.41, 5.74) is 1.10. The number of rotatable bonds is 7. The molecule has 1 saturated heterocycles. The SMILES string of the molecule is Cc1ccccc1OCCN(C)c1ccc(S(=O)(=O)N2CCCC2)cn1. The lowest BCUT2D eigenvalue weighted by molar-refractivity contribution is 0.323. The van der Waals surface area contributed by atoms with E-state index in [0.717, 1.165) is 30.0 Å². The summed E-state index contributed by atoms with van der Waals surface area (Å²) in [6.07, 6.45) is 3.30. The van der Waals surface area contributed by atoms with Crippen LogP contribution >= 0.6 is 0 Å². The van der Waals surface area contributed by atoms with Gasteiger partial charge >= 0.3 is 0 Å². The Hall–Kier alpha value is -2.12. The molecule has 1 fully saturated rings. The van der Waals surface area contributed by atoms with Gasteiger partial charge in [0, 0.05) is 26.3 Å². The minimum atomic E-state index is -3.41. The lowest BCUT2D eigenvalue weighted by Gasteiger charge is -2.20. The predicted molar refractivity (Wildman–Crippen MR) is 102 cm³/mol. The van der Waals surface area contributed by atoms with E-state index in [2.05, 4.69) is 4.98 Å². The van der Waals surface area contributed by atoms with Gasteiger partial charge < -0.3 is 9.64 Å². The Morgan fingerprint density at radius 1 is 1.15 bits per heavy atom. The molecule has 1 aliphatic rings. The zero-order chi connectivity index (χ0) is 18.6. The third-order valence-electron chi connectivity index (χ3n) is 4.59. The van der Waals surface area contributed by atoms with Gasteiger partial charge in [0.2, 0.25) is 10.0 Å². The average molecular weight is 375 g/mol. The molecule has 1 aliphatic heterocycles. The maximum Gasteiger partial charge on any atom is 0.244 e. The minimum Gasteiger partial charge on any atom is -0.491 e. The monoisotopic (exact) mass is 375 g/mol. The Balaban J connectivity index is 1.58. The van der Waals surface area contributed by atoms with Gasteiger partial charge in [0.1, 0.15) is 23.1 Å². The van der Waals surface area contributed by atoms with E-state index < -0.39 is 10.0 Å². The topological polar surface area (TPSA) is 62.7 Å². The van der Waals surface area contributed by atoms with Crippen molar-refractivity contribution < 1.29 is 13.2 Å². The van der Waals surface area contributed by atoms with Crippen LogP contribution in [-0.2, 0) is 10.0 Å². The van der Waals surface area contributed by atoms with E-state index in [1.165, 1.54) is 10.5 Å². The Morgan fingerprint density at radius 3 is 2.54 bits per heavy atom. The van der Waals surface area contributed by atoms with Crippen LogP contribution in [0.4, 0.5) is 5.82 Å².